The van der Waals surface area contributed by atoms with Gasteiger partial charge in [-0.05, 0) is 23.8 Å². The van der Waals surface area contributed by atoms with Crippen LogP contribution in [0, 0.1) is 0 Å². The smallest absolute Gasteiger partial charge is 0.331 e. The number of hydrogen-bond acceptors (Lipinski definition) is 3. The van der Waals surface area contributed by atoms with Crippen molar-refractivity contribution in [1.82, 2.24) is 4.98 Å². The first kappa shape index (κ1) is 12.8. The summed E-state index contributed by atoms with van der Waals surface area (Å²) in [7, 11) is 0. The number of H-pyrrole nitrogens is 1. The standard InChI is InChI=1S/C15H13NO3/c17-14(13-7-4-10-16-13)11-19-15(18)9-8-12-5-2-1-3-6-12/h1-10,16H,11H2. The monoisotopic (exact) mass is 255 g/mol. The van der Waals surface area contributed by atoms with Crippen molar-refractivity contribution < 1.29 is 14.3 Å². The van der Waals surface area contributed by atoms with Crippen LogP contribution >= 0.6 is 0 Å². The molecule has 0 amide bonds. The molecule has 1 aromatic heterocycles. The molecule has 0 unspecified atom stereocenters. The molecule has 0 radical (unpaired) electrons. The molecule has 96 valence electrons. The van der Waals surface area contributed by atoms with Crippen molar-refractivity contribution in [3.05, 3.63) is 66.0 Å². The maximum Gasteiger partial charge on any atom is 0.331 e. The van der Waals surface area contributed by atoms with E-state index in [1.807, 2.05) is 30.3 Å². The van der Waals surface area contributed by atoms with Gasteiger partial charge >= 0.3 is 5.97 Å². The number of benzene rings is 1. The van der Waals surface area contributed by atoms with E-state index < -0.39 is 5.97 Å². The number of nitrogens with one attached hydrogen (secondary N) is 1. The Kier molecular flexibility index (Phi) is 4.29. The summed E-state index contributed by atoms with van der Waals surface area (Å²) in [5.74, 6) is -0.796. The molecule has 0 atom stereocenters. The number of aromatic nitrogens is 1. The van der Waals surface area contributed by atoms with E-state index in [2.05, 4.69) is 4.98 Å². The second kappa shape index (κ2) is 6.35. The Bertz CT molecular complexity index is 571. The number of rotatable bonds is 5. The van der Waals surface area contributed by atoms with Gasteiger partial charge in [-0.3, -0.25) is 4.79 Å². The van der Waals surface area contributed by atoms with Gasteiger partial charge in [-0.2, -0.15) is 0 Å². The van der Waals surface area contributed by atoms with Gasteiger partial charge in [0.2, 0.25) is 5.78 Å². The third-order valence-corrected chi connectivity index (χ3v) is 2.46. The minimum Gasteiger partial charge on any atom is -0.454 e. The third kappa shape index (κ3) is 3.96. The second-order valence-corrected chi connectivity index (χ2v) is 3.86. The zero-order valence-electron chi connectivity index (χ0n) is 10.2. The van der Waals surface area contributed by atoms with Crippen LogP contribution in [0.1, 0.15) is 16.1 Å². The van der Waals surface area contributed by atoms with Crippen LogP contribution in [-0.4, -0.2) is 23.3 Å². The Hall–Kier alpha value is -2.62. The molecule has 0 aliphatic carbocycles. The lowest BCUT2D eigenvalue weighted by atomic mass is 10.2. The molecule has 0 saturated heterocycles. The maximum absolute atomic E-state index is 11.6. The molecule has 1 heterocycles. The molecule has 0 bridgehead atoms. The molecule has 4 heteroatoms. The van der Waals surface area contributed by atoms with E-state index in [4.69, 9.17) is 4.74 Å². The molecule has 0 aliphatic rings. The highest BCUT2D eigenvalue weighted by Crippen LogP contribution is 2.02. The summed E-state index contributed by atoms with van der Waals surface area (Å²) in [5.41, 5.74) is 1.33. The lowest BCUT2D eigenvalue weighted by molar-refractivity contribution is -0.136. The van der Waals surface area contributed by atoms with Crippen LogP contribution in [0.2, 0.25) is 0 Å². The Labute approximate surface area is 110 Å². The minimum absolute atomic E-state index is 0.258. The quantitative estimate of drug-likeness (QED) is 0.507. The zero-order valence-corrected chi connectivity index (χ0v) is 10.2. The fourth-order valence-corrected chi connectivity index (χ4v) is 1.49. The summed E-state index contributed by atoms with van der Waals surface area (Å²) in [6, 6.07) is 12.7. The van der Waals surface area contributed by atoms with Crippen molar-refractivity contribution >= 4 is 17.8 Å². The lowest BCUT2D eigenvalue weighted by Crippen LogP contribution is -2.12. The Morgan fingerprint density at radius 3 is 2.58 bits per heavy atom. The lowest BCUT2D eigenvalue weighted by Gasteiger charge is -1.99. The first-order valence-corrected chi connectivity index (χ1v) is 5.82. The van der Waals surface area contributed by atoms with Gasteiger partial charge in [0.05, 0.1) is 5.69 Å². The normalized spacial score (nSPS) is 10.5. The molecule has 4 nitrogen and oxygen atoms in total. The van der Waals surface area contributed by atoms with E-state index in [-0.39, 0.29) is 12.4 Å². The average molecular weight is 255 g/mol. The summed E-state index contributed by atoms with van der Waals surface area (Å²) < 4.78 is 4.85. The number of Topliss-reactive ketones (excluding diaryl/α,β-unsaturated/α-hetero) is 1. The fourth-order valence-electron chi connectivity index (χ4n) is 1.49. The van der Waals surface area contributed by atoms with Gasteiger partial charge < -0.3 is 9.72 Å². The van der Waals surface area contributed by atoms with Gasteiger partial charge in [0.15, 0.2) is 6.61 Å². The first-order valence-electron chi connectivity index (χ1n) is 5.82. The van der Waals surface area contributed by atoms with Gasteiger partial charge in [-0.25, -0.2) is 4.79 Å². The summed E-state index contributed by atoms with van der Waals surface area (Å²) in [4.78, 5) is 25.7. The van der Waals surface area contributed by atoms with Gasteiger partial charge in [-0.1, -0.05) is 30.3 Å². The van der Waals surface area contributed by atoms with E-state index in [0.717, 1.165) is 5.56 Å². The third-order valence-electron chi connectivity index (χ3n) is 2.46. The van der Waals surface area contributed by atoms with E-state index in [1.54, 1.807) is 24.4 Å². The predicted octanol–water partition coefficient (Wildman–Crippen LogP) is 2.45. The van der Waals surface area contributed by atoms with Gasteiger partial charge in [0, 0.05) is 12.3 Å². The molecule has 1 N–H and O–H groups in total. The van der Waals surface area contributed by atoms with Gasteiger partial charge in [0.1, 0.15) is 0 Å². The molecule has 0 fully saturated rings. The van der Waals surface area contributed by atoms with Crippen molar-refractivity contribution in [3.8, 4) is 0 Å². The van der Waals surface area contributed by atoms with Crippen LogP contribution < -0.4 is 0 Å². The van der Waals surface area contributed by atoms with Crippen LogP contribution in [0.5, 0.6) is 0 Å². The number of hydrogen-bond donors (Lipinski definition) is 1. The molecule has 0 spiro atoms. The topological polar surface area (TPSA) is 59.2 Å². The number of ether oxygens (including phenoxy) is 1. The molecular weight excluding hydrogens is 242 g/mol. The largest absolute Gasteiger partial charge is 0.454 e. The van der Waals surface area contributed by atoms with Crippen molar-refractivity contribution in [3.63, 3.8) is 0 Å². The summed E-state index contributed by atoms with van der Waals surface area (Å²) in [5, 5.41) is 0. The number of carbonyl (C=O) groups excluding carboxylic acids is 2. The predicted molar refractivity (Wildman–Crippen MR) is 71.6 cm³/mol. The minimum atomic E-state index is -0.538. The summed E-state index contributed by atoms with van der Waals surface area (Å²) in [6.07, 6.45) is 4.59. The average Bonchev–Trinajstić information content (AvgIpc) is 2.98. The van der Waals surface area contributed by atoms with Crippen molar-refractivity contribution in [1.29, 1.82) is 0 Å². The Morgan fingerprint density at radius 2 is 1.89 bits per heavy atom. The maximum atomic E-state index is 11.6. The van der Waals surface area contributed by atoms with Crippen molar-refractivity contribution in [2.45, 2.75) is 0 Å². The number of esters is 1. The highest BCUT2D eigenvalue weighted by molar-refractivity contribution is 5.97. The molecule has 1 aromatic carbocycles. The second-order valence-electron chi connectivity index (χ2n) is 3.86. The SMILES string of the molecule is O=C(C=Cc1ccccc1)OCC(=O)c1ccc[nH]1. The van der Waals surface area contributed by atoms with Crippen LogP contribution in [0.25, 0.3) is 6.08 Å². The van der Waals surface area contributed by atoms with E-state index in [1.165, 1.54) is 6.08 Å². The summed E-state index contributed by atoms with van der Waals surface area (Å²) >= 11 is 0. The van der Waals surface area contributed by atoms with Crippen LogP contribution in [0.15, 0.2) is 54.7 Å². The first-order chi connectivity index (χ1) is 9.25. The van der Waals surface area contributed by atoms with Gasteiger partial charge in [-0.15, -0.1) is 0 Å². The van der Waals surface area contributed by atoms with Crippen LogP contribution in [0.4, 0.5) is 0 Å². The van der Waals surface area contributed by atoms with Crippen LogP contribution in [-0.2, 0) is 9.53 Å². The highest BCUT2D eigenvalue weighted by atomic mass is 16.5. The van der Waals surface area contributed by atoms with Crippen molar-refractivity contribution in [2.24, 2.45) is 0 Å². The van der Waals surface area contributed by atoms with E-state index in [0.29, 0.717) is 5.69 Å². The number of aromatic amines is 1. The summed E-state index contributed by atoms with van der Waals surface area (Å²) in [6.45, 7) is -0.265. The number of carbonyl (C=O) groups is 2. The van der Waals surface area contributed by atoms with Crippen molar-refractivity contribution in [2.75, 3.05) is 6.61 Å². The molecular formula is C15H13NO3. The molecule has 0 saturated carbocycles. The molecule has 19 heavy (non-hydrogen) atoms. The Balaban J connectivity index is 1.82. The van der Waals surface area contributed by atoms with E-state index in [9.17, 15) is 9.59 Å². The highest BCUT2D eigenvalue weighted by Gasteiger charge is 2.08. The fraction of sp³-hybridized carbons (Fsp3) is 0.0667. The molecule has 2 aromatic rings. The van der Waals surface area contributed by atoms with Crippen LogP contribution in [0.3, 0.4) is 0 Å². The zero-order chi connectivity index (χ0) is 13.5. The molecule has 2 rings (SSSR count). The van der Waals surface area contributed by atoms with E-state index >= 15 is 0 Å². The Morgan fingerprint density at radius 1 is 1.11 bits per heavy atom. The number of ketones is 1. The van der Waals surface area contributed by atoms with Gasteiger partial charge in [0.25, 0.3) is 0 Å². The molecule has 0 aliphatic heterocycles.